The lowest BCUT2D eigenvalue weighted by atomic mass is 10.2. The highest BCUT2D eigenvalue weighted by Gasteiger charge is 2.19. The van der Waals surface area contributed by atoms with Gasteiger partial charge in [-0.15, -0.1) is 0 Å². The van der Waals surface area contributed by atoms with E-state index in [2.05, 4.69) is 25.6 Å². The van der Waals surface area contributed by atoms with Crippen molar-refractivity contribution in [3.8, 4) is 11.6 Å². The van der Waals surface area contributed by atoms with Crippen LogP contribution in [0.5, 0.6) is 11.6 Å². The summed E-state index contributed by atoms with van der Waals surface area (Å²) < 4.78 is 50.0. The van der Waals surface area contributed by atoms with Gasteiger partial charge in [-0.3, -0.25) is 0 Å². The van der Waals surface area contributed by atoms with Crippen LogP contribution in [0, 0.1) is 5.82 Å². The van der Waals surface area contributed by atoms with Crippen LogP contribution in [-0.2, 0) is 0 Å². The number of fused-ring (bicyclic) bond motifs is 1. The average molecular weight is 440 g/mol. The molecule has 0 spiro atoms. The maximum Gasteiger partial charge on any atom is 0.272 e. The molecule has 0 bridgehead atoms. The molecule has 0 unspecified atom stereocenters. The highest BCUT2D eigenvalue weighted by Crippen LogP contribution is 2.34. The SMILES string of the molecule is Fc1c(Nc2ncnc3ccc(O[C@H]4CCNC4)nc23)ccc(OCC(F)F)c1Cl. The fourth-order valence-corrected chi connectivity index (χ4v) is 3.22. The first kappa shape index (κ1) is 20.4. The molecule has 1 aliphatic heterocycles. The van der Waals surface area contributed by atoms with Crippen molar-refractivity contribution in [2.24, 2.45) is 0 Å². The Labute approximate surface area is 174 Å². The summed E-state index contributed by atoms with van der Waals surface area (Å²) in [7, 11) is 0. The summed E-state index contributed by atoms with van der Waals surface area (Å²) in [6.45, 7) is 0.733. The third-order valence-electron chi connectivity index (χ3n) is 4.42. The van der Waals surface area contributed by atoms with Gasteiger partial charge in [0.15, 0.2) is 11.6 Å². The minimum Gasteiger partial charge on any atom is -0.486 e. The van der Waals surface area contributed by atoms with E-state index >= 15 is 0 Å². The van der Waals surface area contributed by atoms with Crippen molar-refractivity contribution in [1.29, 1.82) is 0 Å². The second kappa shape index (κ2) is 8.88. The van der Waals surface area contributed by atoms with Crippen LogP contribution in [-0.4, -0.2) is 47.2 Å². The van der Waals surface area contributed by atoms with Gasteiger partial charge in [0.05, 0.1) is 11.2 Å². The fraction of sp³-hybridized carbons (Fsp3) is 0.316. The first-order valence-corrected chi connectivity index (χ1v) is 9.54. The molecule has 1 aromatic carbocycles. The molecule has 1 atom stereocenters. The molecule has 0 saturated carbocycles. The third kappa shape index (κ3) is 4.49. The zero-order chi connectivity index (χ0) is 21.1. The summed E-state index contributed by atoms with van der Waals surface area (Å²) in [5, 5.41) is 5.62. The van der Waals surface area contributed by atoms with Gasteiger partial charge in [-0.05, 0) is 31.2 Å². The van der Waals surface area contributed by atoms with Crippen LogP contribution < -0.4 is 20.1 Å². The Balaban J connectivity index is 1.60. The molecular formula is C19H17ClF3N5O2. The molecule has 30 heavy (non-hydrogen) atoms. The summed E-state index contributed by atoms with van der Waals surface area (Å²) in [5.74, 6) is -0.388. The lowest BCUT2D eigenvalue weighted by Gasteiger charge is -2.14. The van der Waals surface area contributed by atoms with Gasteiger partial charge in [0.1, 0.15) is 35.3 Å². The summed E-state index contributed by atoms with van der Waals surface area (Å²) in [5.41, 5.74) is 0.903. The Hall–Kier alpha value is -2.85. The molecule has 1 fully saturated rings. The van der Waals surface area contributed by atoms with Gasteiger partial charge in [0.2, 0.25) is 5.88 Å². The smallest absolute Gasteiger partial charge is 0.272 e. The van der Waals surface area contributed by atoms with E-state index in [1.54, 1.807) is 12.1 Å². The Kier molecular flexibility index (Phi) is 6.05. The van der Waals surface area contributed by atoms with Crippen LogP contribution in [0.25, 0.3) is 11.0 Å². The maximum absolute atomic E-state index is 14.7. The second-order valence-corrected chi connectivity index (χ2v) is 6.92. The third-order valence-corrected chi connectivity index (χ3v) is 4.78. The molecule has 0 radical (unpaired) electrons. The maximum atomic E-state index is 14.7. The van der Waals surface area contributed by atoms with Crippen molar-refractivity contribution in [3.05, 3.63) is 41.4 Å². The zero-order valence-electron chi connectivity index (χ0n) is 15.5. The van der Waals surface area contributed by atoms with Crippen LogP contribution in [0.1, 0.15) is 6.42 Å². The minimum atomic E-state index is -2.70. The van der Waals surface area contributed by atoms with Gasteiger partial charge in [-0.2, -0.15) is 0 Å². The number of ether oxygens (including phenoxy) is 2. The molecule has 7 nitrogen and oxygen atoms in total. The quantitative estimate of drug-likeness (QED) is 0.577. The first-order valence-electron chi connectivity index (χ1n) is 9.16. The number of benzene rings is 1. The van der Waals surface area contributed by atoms with Crippen LogP contribution in [0.15, 0.2) is 30.6 Å². The van der Waals surface area contributed by atoms with E-state index in [-0.39, 0.29) is 23.4 Å². The molecule has 3 aromatic rings. The summed E-state index contributed by atoms with van der Waals surface area (Å²) in [6, 6.07) is 6.07. The second-order valence-electron chi connectivity index (χ2n) is 6.54. The normalized spacial score (nSPS) is 16.2. The molecule has 4 rings (SSSR count). The number of pyridine rings is 1. The number of hydrogen-bond donors (Lipinski definition) is 2. The Bertz CT molecular complexity index is 1050. The molecule has 3 heterocycles. The molecule has 1 aliphatic rings. The average Bonchev–Trinajstić information content (AvgIpc) is 3.24. The van der Waals surface area contributed by atoms with Crippen molar-refractivity contribution < 1.29 is 22.6 Å². The van der Waals surface area contributed by atoms with Gasteiger partial charge < -0.3 is 20.1 Å². The van der Waals surface area contributed by atoms with Gasteiger partial charge in [-0.1, -0.05) is 11.6 Å². The molecule has 2 N–H and O–H groups in total. The van der Waals surface area contributed by atoms with Crippen molar-refractivity contribution in [2.75, 3.05) is 25.0 Å². The lowest BCUT2D eigenvalue weighted by molar-refractivity contribution is 0.0818. The number of anilines is 2. The van der Waals surface area contributed by atoms with Crippen LogP contribution in [0.3, 0.4) is 0 Å². The van der Waals surface area contributed by atoms with E-state index in [9.17, 15) is 13.2 Å². The Morgan fingerprint density at radius 2 is 2.10 bits per heavy atom. The van der Waals surface area contributed by atoms with E-state index in [1.165, 1.54) is 18.5 Å². The molecule has 2 aromatic heterocycles. The predicted molar refractivity (Wildman–Crippen MR) is 105 cm³/mol. The Morgan fingerprint density at radius 3 is 2.87 bits per heavy atom. The largest absolute Gasteiger partial charge is 0.486 e. The number of nitrogens with zero attached hydrogens (tertiary/aromatic N) is 3. The van der Waals surface area contributed by atoms with E-state index < -0.39 is 23.9 Å². The van der Waals surface area contributed by atoms with Crippen molar-refractivity contribution in [2.45, 2.75) is 19.0 Å². The van der Waals surface area contributed by atoms with Crippen molar-refractivity contribution in [1.82, 2.24) is 20.3 Å². The van der Waals surface area contributed by atoms with Crippen LogP contribution in [0.2, 0.25) is 5.02 Å². The summed E-state index contributed by atoms with van der Waals surface area (Å²) >= 11 is 5.93. The number of rotatable bonds is 7. The monoisotopic (exact) mass is 439 g/mol. The Morgan fingerprint density at radius 1 is 1.23 bits per heavy atom. The fourth-order valence-electron chi connectivity index (χ4n) is 3.00. The molecule has 158 valence electrons. The van der Waals surface area contributed by atoms with Crippen LogP contribution >= 0.6 is 11.6 Å². The minimum absolute atomic E-state index is 0.0162. The highest BCUT2D eigenvalue weighted by molar-refractivity contribution is 6.32. The lowest BCUT2D eigenvalue weighted by Crippen LogP contribution is -2.20. The van der Waals surface area contributed by atoms with Crippen molar-refractivity contribution in [3.63, 3.8) is 0 Å². The van der Waals surface area contributed by atoms with Gasteiger partial charge in [-0.25, -0.2) is 28.1 Å². The molecule has 11 heteroatoms. The number of nitrogens with one attached hydrogen (secondary N) is 2. The van der Waals surface area contributed by atoms with E-state index in [0.29, 0.717) is 16.9 Å². The number of hydrogen-bond acceptors (Lipinski definition) is 7. The van der Waals surface area contributed by atoms with Gasteiger partial charge >= 0.3 is 0 Å². The number of aromatic nitrogens is 3. The molecule has 0 aliphatic carbocycles. The molecular weight excluding hydrogens is 423 g/mol. The van der Waals surface area contributed by atoms with E-state index in [4.69, 9.17) is 21.1 Å². The first-order chi connectivity index (χ1) is 14.5. The molecule has 0 amide bonds. The predicted octanol–water partition coefficient (Wildman–Crippen LogP) is 3.95. The standard InChI is InChI=1S/C19H17ClF3N5O2/c20-16-13(29-8-14(21)22)3-1-11(17(16)23)27-19-18-12(25-9-26-19)2-4-15(28-18)30-10-5-6-24-7-10/h1-4,9-10,14,24H,5-8H2,(H,25,26,27)/t10-/m0/s1. The zero-order valence-corrected chi connectivity index (χ0v) is 16.3. The summed E-state index contributed by atoms with van der Waals surface area (Å²) in [6.07, 6.45) is -0.488. The number of halogens is 4. The van der Waals surface area contributed by atoms with Gasteiger partial charge in [0, 0.05) is 12.6 Å². The van der Waals surface area contributed by atoms with Crippen LogP contribution in [0.4, 0.5) is 24.7 Å². The summed E-state index contributed by atoms with van der Waals surface area (Å²) in [4.78, 5) is 12.7. The van der Waals surface area contributed by atoms with E-state index in [0.717, 1.165) is 19.5 Å². The van der Waals surface area contributed by atoms with Crippen molar-refractivity contribution >= 4 is 34.1 Å². The van der Waals surface area contributed by atoms with Gasteiger partial charge in [0.25, 0.3) is 6.43 Å². The topological polar surface area (TPSA) is 81.2 Å². The number of alkyl halides is 2. The van der Waals surface area contributed by atoms with E-state index in [1.807, 2.05) is 0 Å². The molecule has 1 saturated heterocycles. The highest BCUT2D eigenvalue weighted by atomic mass is 35.5.